The van der Waals surface area contributed by atoms with Gasteiger partial charge in [-0.3, -0.25) is 19.2 Å². The molecule has 0 aromatic rings. The summed E-state index contributed by atoms with van der Waals surface area (Å²) in [5.41, 5.74) is 0. The Labute approximate surface area is 171 Å². The van der Waals surface area contributed by atoms with E-state index in [4.69, 9.17) is 18.9 Å². The van der Waals surface area contributed by atoms with Crippen molar-refractivity contribution in [2.75, 3.05) is 0 Å². The van der Waals surface area contributed by atoms with Gasteiger partial charge in [0.1, 0.15) is 12.2 Å². The third-order valence-corrected chi connectivity index (χ3v) is 5.72. The average molecular weight is 412 g/mol. The standard InChI is InChI=1S/C12H18O4.C9H14O4/c1-3-7(2)11(13)15-9-5-4-8-6-10(9)16-12(8)14;1-3-6(2)9(11)13-8-5-4-7(10)12-8/h7-10H,3-6H2,1-2H3;6,8H,3-5H2,1-2H3. The molecule has 3 fully saturated rings. The molecule has 0 spiro atoms. The van der Waals surface area contributed by atoms with Gasteiger partial charge in [0.2, 0.25) is 6.29 Å². The molecule has 8 nitrogen and oxygen atoms in total. The molecule has 0 amide bonds. The predicted octanol–water partition coefficient (Wildman–Crippen LogP) is 2.91. The monoisotopic (exact) mass is 412 g/mol. The van der Waals surface area contributed by atoms with Crippen LogP contribution in [0.4, 0.5) is 0 Å². The van der Waals surface area contributed by atoms with Gasteiger partial charge in [0, 0.05) is 12.8 Å². The molecule has 0 N–H and O–H groups in total. The molecule has 164 valence electrons. The summed E-state index contributed by atoms with van der Waals surface area (Å²) in [6.45, 7) is 7.51. The van der Waals surface area contributed by atoms with Gasteiger partial charge in [0.15, 0.2) is 0 Å². The van der Waals surface area contributed by atoms with E-state index in [2.05, 4.69) is 0 Å². The Morgan fingerprint density at radius 2 is 1.59 bits per heavy atom. The Balaban J connectivity index is 0.000000212. The predicted molar refractivity (Wildman–Crippen MR) is 101 cm³/mol. The highest BCUT2D eigenvalue weighted by Crippen LogP contribution is 2.36. The van der Waals surface area contributed by atoms with Gasteiger partial charge in [0.05, 0.1) is 24.2 Å². The molecule has 0 radical (unpaired) electrons. The number of carbonyl (C=O) groups is 4. The quantitative estimate of drug-likeness (QED) is 0.484. The highest BCUT2D eigenvalue weighted by molar-refractivity contribution is 5.76. The first-order valence-electron chi connectivity index (χ1n) is 10.6. The molecule has 2 bridgehead atoms. The third kappa shape index (κ3) is 6.44. The smallest absolute Gasteiger partial charge is 0.311 e. The van der Waals surface area contributed by atoms with E-state index in [-0.39, 0.29) is 53.8 Å². The largest absolute Gasteiger partial charge is 0.458 e. The van der Waals surface area contributed by atoms with Crippen molar-refractivity contribution in [3.63, 3.8) is 0 Å². The molecule has 2 saturated heterocycles. The van der Waals surface area contributed by atoms with Crippen LogP contribution in [-0.2, 0) is 38.1 Å². The Bertz CT molecular complexity index is 616. The lowest BCUT2D eigenvalue weighted by atomic mass is 9.88. The van der Waals surface area contributed by atoms with E-state index >= 15 is 0 Å². The number of hydrogen-bond acceptors (Lipinski definition) is 8. The molecule has 0 aromatic carbocycles. The molecule has 8 heteroatoms. The van der Waals surface area contributed by atoms with Gasteiger partial charge in [0.25, 0.3) is 0 Å². The molecule has 1 aliphatic carbocycles. The van der Waals surface area contributed by atoms with Crippen LogP contribution >= 0.6 is 0 Å². The Hall–Kier alpha value is -2.12. The van der Waals surface area contributed by atoms with Crippen LogP contribution in [0.2, 0.25) is 0 Å². The number of fused-ring (bicyclic) bond motifs is 2. The van der Waals surface area contributed by atoms with Crippen molar-refractivity contribution in [1.82, 2.24) is 0 Å². The van der Waals surface area contributed by atoms with E-state index in [1.807, 2.05) is 20.8 Å². The van der Waals surface area contributed by atoms with E-state index in [0.717, 1.165) is 32.1 Å². The summed E-state index contributed by atoms with van der Waals surface area (Å²) in [6.07, 6.45) is 3.55. The van der Waals surface area contributed by atoms with Gasteiger partial charge >= 0.3 is 23.9 Å². The minimum atomic E-state index is -0.644. The van der Waals surface area contributed by atoms with Crippen molar-refractivity contribution >= 4 is 23.9 Å². The minimum absolute atomic E-state index is 0.0450. The van der Waals surface area contributed by atoms with Gasteiger partial charge in [-0.25, -0.2) is 0 Å². The molecular formula is C21H32O8. The Morgan fingerprint density at radius 3 is 2.14 bits per heavy atom. The van der Waals surface area contributed by atoms with Crippen LogP contribution in [0.5, 0.6) is 0 Å². The molecule has 6 unspecified atom stereocenters. The first-order chi connectivity index (χ1) is 13.7. The summed E-state index contributed by atoms with van der Waals surface area (Å²) < 4.78 is 20.3. The molecular weight excluding hydrogens is 380 g/mol. The summed E-state index contributed by atoms with van der Waals surface area (Å²) in [4.78, 5) is 44.8. The summed E-state index contributed by atoms with van der Waals surface area (Å²) in [6, 6.07) is 0. The van der Waals surface area contributed by atoms with E-state index in [1.54, 1.807) is 6.92 Å². The van der Waals surface area contributed by atoms with Crippen LogP contribution in [0, 0.1) is 17.8 Å². The lowest BCUT2D eigenvalue weighted by Gasteiger charge is -2.26. The summed E-state index contributed by atoms with van der Waals surface area (Å²) in [5.74, 6) is -1.03. The van der Waals surface area contributed by atoms with E-state index in [9.17, 15) is 19.2 Å². The zero-order chi connectivity index (χ0) is 21.6. The van der Waals surface area contributed by atoms with Gasteiger partial charge in [-0.2, -0.15) is 0 Å². The van der Waals surface area contributed by atoms with Crippen molar-refractivity contribution in [3.8, 4) is 0 Å². The summed E-state index contributed by atoms with van der Waals surface area (Å²) in [5, 5.41) is 0. The number of cyclic esters (lactones) is 1. The van der Waals surface area contributed by atoms with E-state index < -0.39 is 6.29 Å². The molecule has 0 aromatic heterocycles. The highest BCUT2D eigenvalue weighted by atomic mass is 16.7. The highest BCUT2D eigenvalue weighted by Gasteiger charge is 2.45. The Morgan fingerprint density at radius 1 is 0.966 bits per heavy atom. The SMILES string of the molecule is CCC(C)C(=O)OC1CCC(=O)O1.CCC(C)C(=O)OC1CCC2CC1OC2=O. The van der Waals surface area contributed by atoms with Crippen LogP contribution in [0.25, 0.3) is 0 Å². The maximum atomic E-state index is 11.6. The van der Waals surface area contributed by atoms with Crippen molar-refractivity contribution in [1.29, 1.82) is 0 Å². The maximum Gasteiger partial charge on any atom is 0.311 e. The number of ether oxygens (including phenoxy) is 4. The fourth-order valence-electron chi connectivity index (χ4n) is 3.25. The molecule has 1 saturated carbocycles. The van der Waals surface area contributed by atoms with Gasteiger partial charge in [-0.15, -0.1) is 0 Å². The maximum absolute atomic E-state index is 11.6. The second-order valence-corrected chi connectivity index (χ2v) is 7.97. The van der Waals surface area contributed by atoms with E-state index in [1.165, 1.54) is 0 Å². The van der Waals surface area contributed by atoms with Crippen molar-refractivity contribution < 1.29 is 38.1 Å². The summed E-state index contributed by atoms with van der Waals surface area (Å²) in [7, 11) is 0. The van der Waals surface area contributed by atoms with Crippen LogP contribution in [0.15, 0.2) is 0 Å². The normalized spacial score (nSPS) is 29.7. The molecule has 29 heavy (non-hydrogen) atoms. The second-order valence-electron chi connectivity index (χ2n) is 7.97. The topological polar surface area (TPSA) is 105 Å². The first-order valence-corrected chi connectivity index (χ1v) is 10.6. The van der Waals surface area contributed by atoms with Crippen LogP contribution in [0.3, 0.4) is 0 Å². The summed E-state index contributed by atoms with van der Waals surface area (Å²) >= 11 is 0. The average Bonchev–Trinajstić information content (AvgIpc) is 3.25. The molecule has 2 heterocycles. The Kier molecular flexibility index (Phi) is 8.46. The number of carbonyl (C=O) groups excluding carboxylic acids is 4. The molecule has 2 aliphatic heterocycles. The molecule has 6 atom stereocenters. The number of esters is 4. The molecule has 3 rings (SSSR count). The van der Waals surface area contributed by atoms with Crippen LogP contribution in [0.1, 0.15) is 72.6 Å². The van der Waals surface area contributed by atoms with Crippen molar-refractivity contribution in [3.05, 3.63) is 0 Å². The molecule has 3 aliphatic rings. The van der Waals surface area contributed by atoms with Gasteiger partial charge < -0.3 is 18.9 Å². The lowest BCUT2D eigenvalue weighted by molar-refractivity contribution is -0.180. The van der Waals surface area contributed by atoms with Crippen LogP contribution < -0.4 is 0 Å². The van der Waals surface area contributed by atoms with Gasteiger partial charge in [-0.1, -0.05) is 27.7 Å². The minimum Gasteiger partial charge on any atom is -0.458 e. The lowest BCUT2D eigenvalue weighted by Crippen LogP contribution is -2.35. The van der Waals surface area contributed by atoms with Crippen molar-refractivity contribution in [2.24, 2.45) is 17.8 Å². The fraction of sp³-hybridized carbons (Fsp3) is 0.810. The van der Waals surface area contributed by atoms with E-state index in [0.29, 0.717) is 12.8 Å². The third-order valence-electron chi connectivity index (χ3n) is 5.72. The fourth-order valence-corrected chi connectivity index (χ4v) is 3.25. The van der Waals surface area contributed by atoms with Crippen molar-refractivity contribution in [2.45, 2.75) is 91.1 Å². The zero-order valence-corrected chi connectivity index (χ0v) is 17.7. The van der Waals surface area contributed by atoms with Crippen LogP contribution in [-0.4, -0.2) is 42.4 Å². The number of hydrogen-bond donors (Lipinski definition) is 0. The zero-order valence-electron chi connectivity index (χ0n) is 17.7. The first kappa shape index (κ1) is 23.2. The van der Waals surface area contributed by atoms with Gasteiger partial charge in [-0.05, 0) is 25.7 Å². The second kappa shape index (κ2) is 10.6. The number of rotatable bonds is 6.